The zero-order chi connectivity index (χ0) is 20.5. The average molecular weight is 393 g/mol. The summed E-state index contributed by atoms with van der Waals surface area (Å²) >= 11 is 0. The van der Waals surface area contributed by atoms with Crippen LogP contribution in [0.25, 0.3) is 10.8 Å². The molecule has 0 atom stereocenters. The van der Waals surface area contributed by atoms with E-state index in [2.05, 4.69) is 17.3 Å². The number of unbranched alkanes of at least 4 members (excludes halogenated alkanes) is 2. The van der Waals surface area contributed by atoms with E-state index >= 15 is 0 Å². The van der Waals surface area contributed by atoms with Crippen LogP contribution in [0.1, 0.15) is 43.1 Å². The second-order valence-corrected chi connectivity index (χ2v) is 6.90. The number of aromatic nitrogens is 2. The van der Waals surface area contributed by atoms with Crippen molar-refractivity contribution in [3.8, 4) is 5.75 Å². The molecule has 0 aliphatic rings. The molecule has 0 radical (unpaired) electrons. The summed E-state index contributed by atoms with van der Waals surface area (Å²) in [4.78, 5) is 25.4. The number of hydrogen-bond donors (Lipinski definition) is 1. The summed E-state index contributed by atoms with van der Waals surface area (Å²) in [6.45, 7) is 3.60. The van der Waals surface area contributed by atoms with E-state index in [1.165, 1.54) is 4.68 Å². The number of aryl methyl sites for hydroxylation is 1. The van der Waals surface area contributed by atoms with Gasteiger partial charge in [0, 0.05) is 18.5 Å². The van der Waals surface area contributed by atoms with Crippen molar-refractivity contribution in [1.82, 2.24) is 15.1 Å². The van der Waals surface area contributed by atoms with Gasteiger partial charge in [-0.3, -0.25) is 9.59 Å². The quantitative estimate of drug-likeness (QED) is 0.532. The minimum Gasteiger partial charge on any atom is -0.494 e. The molecule has 3 rings (SSSR count). The van der Waals surface area contributed by atoms with Crippen molar-refractivity contribution in [3.05, 3.63) is 70.6 Å². The van der Waals surface area contributed by atoms with E-state index in [1.807, 2.05) is 42.5 Å². The largest absolute Gasteiger partial charge is 0.494 e. The van der Waals surface area contributed by atoms with Gasteiger partial charge in [0.15, 0.2) is 5.69 Å². The Morgan fingerprint density at radius 3 is 2.48 bits per heavy atom. The van der Waals surface area contributed by atoms with E-state index in [9.17, 15) is 9.59 Å². The standard InChI is InChI=1S/C23H27N3O3/c1-2-3-9-16-26-23(28)20-14-8-7-13-19(20)21(25-26)22(27)24-15-10-17-29-18-11-5-4-6-12-18/h4-8,11-14H,2-3,9-10,15-17H2,1H3,(H,24,27). The van der Waals surface area contributed by atoms with Crippen LogP contribution in [-0.4, -0.2) is 28.8 Å². The molecule has 29 heavy (non-hydrogen) atoms. The molecule has 0 fully saturated rings. The fourth-order valence-corrected chi connectivity index (χ4v) is 3.13. The van der Waals surface area contributed by atoms with Crippen LogP contribution in [0.4, 0.5) is 0 Å². The third-order valence-electron chi connectivity index (χ3n) is 4.67. The molecule has 1 amide bonds. The lowest BCUT2D eigenvalue weighted by molar-refractivity contribution is 0.0946. The minimum atomic E-state index is -0.273. The highest BCUT2D eigenvalue weighted by molar-refractivity contribution is 6.04. The summed E-state index contributed by atoms with van der Waals surface area (Å²) in [5.74, 6) is 0.538. The van der Waals surface area contributed by atoms with Gasteiger partial charge < -0.3 is 10.1 Å². The van der Waals surface area contributed by atoms with Gasteiger partial charge in [-0.25, -0.2) is 4.68 Å². The average Bonchev–Trinajstić information content (AvgIpc) is 2.76. The maximum atomic E-state index is 12.8. The maximum absolute atomic E-state index is 12.8. The van der Waals surface area contributed by atoms with Gasteiger partial charge in [0.2, 0.25) is 0 Å². The van der Waals surface area contributed by atoms with Crippen molar-refractivity contribution in [3.63, 3.8) is 0 Å². The van der Waals surface area contributed by atoms with Gasteiger partial charge in [-0.2, -0.15) is 5.10 Å². The smallest absolute Gasteiger partial charge is 0.274 e. The van der Waals surface area contributed by atoms with E-state index in [4.69, 9.17) is 4.74 Å². The van der Waals surface area contributed by atoms with Crippen LogP contribution in [0.2, 0.25) is 0 Å². The first-order chi connectivity index (χ1) is 14.2. The van der Waals surface area contributed by atoms with E-state index < -0.39 is 0 Å². The third-order valence-corrected chi connectivity index (χ3v) is 4.67. The zero-order valence-electron chi connectivity index (χ0n) is 16.8. The fraction of sp³-hybridized carbons (Fsp3) is 0.348. The first kappa shape index (κ1) is 20.6. The van der Waals surface area contributed by atoms with Gasteiger partial charge in [0.05, 0.1) is 12.0 Å². The molecule has 3 aromatic rings. The van der Waals surface area contributed by atoms with Crippen molar-refractivity contribution in [1.29, 1.82) is 0 Å². The molecule has 0 spiro atoms. The Morgan fingerprint density at radius 2 is 1.72 bits per heavy atom. The Hall–Kier alpha value is -3.15. The number of amides is 1. The van der Waals surface area contributed by atoms with Crippen LogP contribution in [0, 0.1) is 0 Å². The summed E-state index contributed by atoms with van der Waals surface area (Å²) in [7, 11) is 0. The summed E-state index contributed by atoms with van der Waals surface area (Å²) < 4.78 is 7.06. The molecular formula is C23H27N3O3. The predicted molar refractivity (Wildman–Crippen MR) is 114 cm³/mol. The van der Waals surface area contributed by atoms with Crippen LogP contribution in [0.5, 0.6) is 5.75 Å². The molecule has 0 bridgehead atoms. The van der Waals surface area contributed by atoms with Crippen LogP contribution < -0.4 is 15.6 Å². The van der Waals surface area contributed by atoms with Gasteiger partial charge in [-0.15, -0.1) is 0 Å². The lowest BCUT2D eigenvalue weighted by Crippen LogP contribution is -2.31. The number of fused-ring (bicyclic) bond motifs is 1. The topological polar surface area (TPSA) is 73.2 Å². The molecule has 1 N–H and O–H groups in total. The van der Waals surface area contributed by atoms with Gasteiger partial charge in [0.1, 0.15) is 5.75 Å². The maximum Gasteiger partial charge on any atom is 0.274 e. The van der Waals surface area contributed by atoms with E-state index in [1.54, 1.807) is 12.1 Å². The van der Waals surface area contributed by atoms with E-state index in [-0.39, 0.29) is 11.5 Å². The molecule has 1 heterocycles. The lowest BCUT2D eigenvalue weighted by Gasteiger charge is -2.11. The number of ether oxygens (including phenoxy) is 1. The number of carbonyl (C=O) groups excluding carboxylic acids is 1. The molecule has 6 nitrogen and oxygen atoms in total. The van der Waals surface area contributed by atoms with Crippen molar-refractivity contribution in [2.75, 3.05) is 13.2 Å². The minimum absolute atomic E-state index is 0.149. The number of carbonyl (C=O) groups is 1. The molecule has 0 aliphatic carbocycles. The Labute approximate surface area is 170 Å². The summed E-state index contributed by atoms with van der Waals surface area (Å²) in [6, 6.07) is 16.7. The predicted octanol–water partition coefficient (Wildman–Crippen LogP) is 3.79. The highest BCUT2D eigenvalue weighted by Gasteiger charge is 2.16. The Balaban J connectivity index is 1.66. The monoisotopic (exact) mass is 393 g/mol. The molecule has 1 aromatic heterocycles. The molecule has 0 saturated heterocycles. The highest BCUT2D eigenvalue weighted by Crippen LogP contribution is 2.14. The Kier molecular flexibility index (Phi) is 7.39. The van der Waals surface area contributed by atoms with Crippen LogP contribution >= 0.6 is 0 Å². The number of benzene rings is 2. The molecule has 0 aliphatic heterocycles. The second kappa shape index (κ2) is 10.4. The lowest BCUT2D eigenvalue weighted by atomic mass is 10.1. The summed E-state index contributed by atoms with van der Waals surface area (Å²) in [5, 5.41) is 8.38. The molecular weight excluding hydrogens is 366 g/mol. The zero-order valence-corrected chi connectivity index (χ0v) is 16.8. The molecule has 6 heteroatoms. The SMILES string of the molecule is CCCCCn1nc(C(=O)NCCCOc2ccccc2)c2ccccc2c1=O. The van der Waals surface area contributed by atoms with Crippen LogP contribution in [-0.2, 0) is 6.54 Å². The second-order valence-electron chi connectivity index (χ2n) is 6.90. The fourth-order valence-electron chi connectivity index (χ4n) is 3.13. The normalized spacial score (nSPS) is 10.8. The van der Waals surface area contributed by atoms with Crippen molar-refractivity contribution in [2.45, 2.75) is 39.2 Å². The van der Waals surface area contributed by atoms with Crippen molar-refractivity contribution in [2.24, 2.45) is 0 Å². The van der Waals surface area contributed by atoms with Gasteiger partial charge in [-0.1, -0.05) is 56.2 Å². The summed E-state index contributed by atoms with van der Waals surface area (Å²) in [6.07, 6.45) is 3.61. The first-order valence-corrected chi connectivity index (χ1v) is 10.2. The Morgan fingerprint density at radius 1 is 1.00 bits per heavy atom. The number of nitrogens with one attached hydrogen (secondary N) is 1. The first-order valence-electron chi connectivity index (χ1n) is 10.2. The Bertz CT molecular complexity index is 999. The molecule has 2 aromatic carbocycles. The number of hydrogen-bond acceptors (Lipinski definition) is 4. The van der Waals surface area contributed by atoms with Gasteiger partial charge in [0.25, 0.3) is 11.5 Å². The molecule has 0 unspecified atom stereocenters. The highest BCUT2D eigenvalue weighted by atomic mass is 16.5. The van der Waals surface area contributed by atoms with Crippen molar-refractivity contribution < 1.29 is 9.53 Å². The van der Waals surface area contributed by atoms with E-state index in [0.29, 0.717) is 42.6 Å². The summed E-state index contributed by atoms with van der Waals surface area (Å²) in [5.41, 5.74) is 0.144. The number of para-hydroxylation sites is 1. The van der Waals surface area contributed by atoms with Gasteiger partial charge in [-0.05, 0) is 31.0 Å². The van der Waals surface area contributed by atoms with Gasteiger partial charge >= 0.3 is 0 Å². The van der Waals surface area contributed by atoms with Crippen LogP contribution in [0.15, 0.2) is 59.4 Å². The molecule has 152 valence electrons. The number of rotatable bonds is 10. The number of nitrogens with zero attached hydrogens (tertiary/aromatic N) is 2. The van der Waals surface area contributed by atoms with Crippen molar-refractivity contribution >= 4 is 16.7 Å². The molecule has 0 saturated carbocycles. The van der Waals surface area contributed by atoms with E-state index in [0.717, 1.165) is 25.0 Å². The third kappa shape index (κ3) is 5.44. The van der Waals surface area contributed by atoms with Crippen LogP contribution in [0.3, 0.4) is 0 Å².